The van der Waals surface area contributed by atoms with E-state index in [1.165, 1.54) is 4.90 Å². The monoisotopic (exact) mass is 221 g/mol. The van der Waals surface area contributed by atoms with Crippen molar-refractivity contribution in [3.63, 3.8) is 0 Å². The molecule has 2 heterocycles. The minimum atomic E-state index is -1.02. The second kappa shape index (κ2) is 3.75. The zero-order valence-corrected chi connectivity index (χ0v) is 9.18. The van der Waals surface area contributed by atoms with E-state index >= 15 is 0 Å². The van der Waals surface area contributed by atoms with Crippen LogP contribution in [0.15, 0.2) is 18.3 Å². The molecule has 0 radical (unpaired) electrons. The van der Waals surface area contributed by atoms with Crippen LogP contribution in [0.2, 0.25) is 0 Å². The topological polar surface area (TPSA) is 79.5 Å². The molecule has 3 N–H and O–H groups in total. The lowest BCUT2D eigenvalue weighted by Crippen LogP contribution is -2.60. The van der Waals surface area contributed by atoms with Gasteiger partial charge in [-0.25, -0.2) is 4.79 Å². The van der Waals surface area contributed by atoms with Crippen molar-refractivity contribution in [3.05, 3.63) is 24.0 Å². The third kappa shape index (κ3) is 1.53. The van der Waals surface area contributed by atoms with Crippen LogP contribution in [0.1, 0.15) is 25.5 Å². The second-order valence-corrected chi connectivity index (χ2v) is 4.04. The van der Waals surface area contributed by atoms with E-state index in [9.17, 15) is 9.90 Å². The van der Waals surface area contributed by atoms with Crippen LogP contribution in [0.3, 0.4) is 0 Å². The lowest BCUT2D eigenvalue weighted by Gasteiger charge is -2.42. The lowest BCUT2D eigenvalue weighted by atomic mass is 9.92. The molecule has 2 rings (SSSR count). The standard InChI is InChI=1S/C11H15N3O2/c1-2-11(12)6-5-8-9(4-3-7-13-8)14(11)10(15)16/h3-4,7H,2,5-6,12H2,1H3,(H,15,16). The molecule has 1 aliphatic heterocycles. The second-order valence-electron chi connectivity index (χ2n) is 4.04. The number of carboxylic acid groups (broad SMARTS) is 1. The molecule has 0 aromatic carbocycles. The van der Waals surface area contributed by atoms with E-state index in [2.05, 4.69) is 4.98 Å². The van der Waals surface area contributed by atoms with Gasteiger partial charge in [-0.15, -0.1) is 0 Å². The molecule has 1 aromatic heterocycles. The molecule has 0 saturated heterocycles. The molecule has 5 nitrogen and oxygen atoms in total. The van der Waals surface area contributed by atoms with Crippen molar-refractivity contribution in [2.45, 2.75) is 31.8 Å². The zero-order chi connectivity index (χ0) is 11.8. The van der Waals surface area contributed by atoms with E-state index in [0.29, 0.717) is 18.5 Å². The third-order valence-corrected chi connectivity index (χ3v) is 3.15. The van der Waals surface area contributed by atoms with Gasteiger partial charge in [0.1, 0.15) is 0 Å². The summed E-state index contributed by atoms with van der Waals surface area (Å²) in [6.07, 6.45) is 2.59. The maximum Gasteiger partial charge on any atom is 0.413 e. The SMILES string of the molecule is CCC1(N)CCc2ncccc2N1C(=O)O. The first-order valence-corrected chi connectivity index (χ1v) is 5.34. The van der Waals surface area contributed by atoms with Crippen LogP contribution in [0, 0.1) is 0 Å². The summed E-state index contributed by atoms with van der Waals surface area (Å²) in [7, 11) is 0. The third-order valence-electron chi connectivity index (χ3n) is 3.15. The van der Waals surface area contributed by atoms with E-state index in [4.69, 9.17) is 5.73 Å². The van der Waals surface area contributed by atoms with Gasteiger partial charge in [-0.1, -0.05) is 6.92 Å². The van der Waals surface area contributed by atoms with Crippen molar-refractivity contribution in [3.8, 4) is 0 Å². The van der Waals surface area contributed by atoms with Crippen molar-refractivity contribution in [1.29, 1.82) is 0 Å². The fraction of sp³-hybridized carbons (Fsp3) is 0.455. The fourth-order valence-corrected chi connectivity index (χ4v) is 2.14. The summed E-state index contributed by atoms with van der Waals surface area (Å²) in [4.78, 5) is 16.7. The number of amides is 1. The lowest BCUT2D eigenvalue weighted by molar-refractivity contribution is 0.187. The van der Waals surface area contributed by atoms with Gasteiger partial charge >= 0.3 is 6.09 Å². The Bertz CT molecular complexity index is 421. The minimum absolute atomic E-state index is 0.591. The summed E-state index contributed by atoms with van der Waals surface area (Å²) in [6.45, 7) is 1.90. The molecule has 16 heavy (non-hydrogen) atoms. The molecule has 0 aliphatic carbocycles. The number of pyridine rings is 1. The minimum Gasteiger partial charge on any atom is -0.465 e. The molecule has 0 spiro atoms. The number of hydrogen-bond acceptors (Lipinski definition) is 3. The summed E-state index contributed by atoms with van der Waals surface area (Å²) in [5.74, 6) is 0. The Kier molecular flexibility index (Phi) is 2.55. The number of hydrogen-bond donors (Lipinski definition) is 2. The van der Waals surface area contributed by atoms with E-state index in [-0.39, 0.29) is 0 Å². The van der Waals surface area contributed by atoms with Gasteiger partial charge in [-0.2, -0.15) is 0 Å². The van der Waals surface area contributed by atoms with E-state index in [1.54, 1.807) is 18.3 Å². The first-order chi connectivity index (χ1) is 7.58. The van der Waals surface area contributed by atoms with Gasteiger partial charge < -0.3 is 10.8 Å². The number of fused-ring (bicyclic) bond motifs is 1. The van der Waals surface area contributed by atoms with Gasteiger partial charge in [0, 0.05) is 6.20 Å². The molecule has 1 aromatic rings. The van der Waals surface area contributed by atoms with E-state index in [0.717, 1.165) is 12.1 Å². The summed E-state index contributed by atoms with van der Waals surface area (Å²) < 4.78 is 0. The van der Waals surface area contributed by atoms with Crippen molar-refractivity contribution >= 4 is 11.8 Å². The highest BCUT2D eigenvalue weighted by Gasteiger charge is 2.40. The Labute approximate surface area is 93.9 Å². The first-order valence-electron chi connectivity index (χ1n) is 5.34. The molecule has 0 bridgehead atoms. The Morgan fingerprint density at radius 1 is 1.75 bits per heavy atom. The van der Waals surface area contributed by atoms with Crippen LogP contribution in [-0.4, -0.2) is 21.8 Å². The highest BCUT2D eigenvalue weighted by atomic mass is 16.4. The number of nitrogens with zero attached hydrogens (tertiary/aromatic N) is 2. The average molecular weight is 221 g/mol. The Morgan fingerprint density at radius 3 is 3.12 bits per heavy atom. The smallest absolute Gasteiger partial charge is 0.413 e. The highest BCUT2D eigenvalue weighted by Crippen LogP contribution is 2.34. The Balaban J connectivity index is 2.52. The van der Waals surface area contributed by atoms with Crippen molar-refractivity contribution in [1.82, 2.24) is 4.98 Å². The van der Waals surface area contributed by atoms with Crippen LogP contribution in [-0.2, 0) is 6.42 Å². The van der Waals surface area contributed by atoms with Crippen molar-refractivity contribution < 1.29 is 9.90 Å². The Hall–Kier alpha value is -1.62. The normalized spacial score (nSPS) is 24.0. The van der Waals surface area contributed by atoms with Gasteiger partial charge in [-0.3, -0.25) is 9.88 Å². The number of rotatable bonds is 1. The summed E-state index contributed by atoms with van der Waals surface area (Å²) in [5, 5.41) is 9.27. The molecule has 86 valence electrons. The zero-order valence-electron chi connectivity index (χ0n) is 9.18. The van der Waals surface area contributed by atoms with Gasteiger partial charge in [0.05, 0.1) is 17.0 Å². The van der Waals surface area contributed by atoms with Crippen LogP contribution >= 0.6 is 0 Å². The number of anilines is 1. The molecule has 1 aliphatic rings. The fourth-order valence-electron chi connectivity index (χ4n) is 2.14. The van der Waals surface area contributed by atoms with E-state index < -0.39 is 11.8 Å². The van der Waals surface area contributed by atoms with Crippen LogP contribution in [0.4, 0.5) is 10.5 Å². The first kappa shape index (κ1) is 10.9. The van der Waals surface area contributed by atoms with Gasteiger partial charge in [0.25, 0.3) is 0 Å². The van der Waals surface area contributed by atoms with Crippen molar-refractivity contribution in [2.75, 3.05) is 4.90 Å². The largest absolute Gasteiger partial charge is 0.465 e. The van der Waals surface area contributed by atoms with Gasteiger partial charge in [0.2, 0.25) is 0 Å². The van der Waals surface area contributed by atoms with Crippen LogP contribution in [0.25, 0.3) is 0 Å². The summed E-state index contributed by atoms with van der Waals surface area (Å²) in [6, 6.07) is 3.49. The predicted octanol–water partition coefficient (Wildman–Crippen LogP) is 1.58. The van der Waals surface area contributed by atoms with Crippen molar-refractivity contribution in [2.24, 2.45) is 5.73 Å². The van der Waals surface area contributed by atoms with Gasteiger partial charge in [-0.05, 0) is 31.4 Å². The molecule has 1 atom stereocenters. The predicted molar refractivity (Wildman–Crippen MR) is 60.3 cm³/mol. The van der Waals surface area contributed by atoms with Crippen LogP contribution in [0.5, 0.6) is 0 Å². The van der Waals surface area contributed by atoms with E-state index in [1.807, 2.05) is 6.92 Å². The highest BCUT2D eigenvalue weighted by molar-refractivity contribution is 5.89. The maximum atomic E-state index is 11.3. The molecular formula is C11H15N3O2. The molecule has 0 saturated carbocycles. The Morgan fingerprint density at radius 2 is 2.50 bits per heavy atom. The molecule has 5 heteroatoms. The van der Waals surface area contributed by atoms with Gasteiger partial charge in [0.15, 0.2) is 0 Å². The molecule has 1 amide bonds. The molecular weight excluding hydrogens is 206 g/mol. The molecule has 1 unspecified atom stereocenters. The quantitative estimate of drug-likeness (QED) is 0.754. The maximum absolute atomic E-state index is 11.3. The molecule has 0 fully saturated rings. The number of aryl methyl sites for hydroxylation is 1. The number of aromatic nitrogens is 1. The summed E-state index contributed by atoms with van der Waals surface area (Å²) in [5.41, 5.74) is 6.75. The number of carbonyl (C=O) groups is 1. The van der Waals surface area contributed by atoms with Crippen LogP contribution < -0.4 is 10.6 Å². The summed E-state index contributed by atoms with van der Waals surface area (Å²) >= 11 is 0. The average Bonchev–Trinajstić information content (AvgIpc) is 2.28. The number of nitrogens with two attached hydrogens (primary N) is 1.